The lowest BCUT2D eigenvalue weighted by Crippen LogP contribution is -2.61. The van der Waals surface area contributed by atoms with E-state index in [0.717, 1.165) is 80.8 Å². The van der Waals surface area contributed by atoms with Crippen LogP contribution in [-0.4, -0.2) is 38.7 Å². The van der Waals surface area contributed by atoms with E-state index >= 15 is 0 Å². The largest absolute Gasteiger partial charge is 0.392 e. The summed E-state index contributed by atoms with van der Waals surface area (Å²) in [5.41, 5.74) is 3.94. The molecule has 1 aliphatic heterocycles. The number of ether oxygens (including phenoxy) is 2. The van der Waals surface area contributed by atoms with Crippen LogP contribution in [0.2, 0.25) is 0 Å². The zero-order valence-corrected chi connectivity index (χ0v) is 26.2. The minimum absolute atomic E-state index is 0.0110. The molecule has 3 aromatic rings. The Kier molecular flexibility index (Phi) is 8.48. The quantitative estimate of drug-likeness (QED) is 0.236. The molecule has 10 heteroatoms. The molecule has 228 valence electrons. The molecular formula is C33H40N4O4S2. The van der Waals surface area contributed by atoms with Gasteiger partial charge in [-0.15, -0.1) is 10.2 Å². The molecule has 0 unspecified atom stereocenters. The molecule has 2 heterocycles. The van der Waals surface area contributed by atoms with Crippen LogP contribution in [-0.2, 0) is 22.6 Å². The van der Waals surface area contributed by atoms with Gasteiger partial charge in [0.15, 0.2) is 10.6 Å². The summed E-state index contributed by atoms with van der Waals surface area (Å²) in [6.07, 6.45) is 7.57. The predicted octanol–water partition coefficient (Wildman–Crippen LogP) is 6.44. The Morgan fingerprint density at radius 1 is 0.930 bits per heavy atom. The van der Waals surface area contributed by atoms with Crippen molar-refractivity contribution in [2.24, 2.45) is 17.8 Å². The van der Waals surface area contributed by atoms with Crippen molar-refractivity contribution >= 4 is 29.1 Å². The Labute approximate surface area is 261 Å². The number of benzene rings is 2. The minimum Gasteiger partial charge on any atom is -0.392 e. The molecule has 3 N–H and O–H groups in total. The molecule has 1 aromatic heterocycles. The molecular weight excluding hydrogens is 581 g/mol. The molecule has 4 saturated carbocycles. The Morgan fingerprint density at radius 3 is 2.21 bits per heavy atom. The smallest absolute Gasteiger partial charge is 0.315 e. The van der Waals surface area contributed by atoms with Crippen LogP contribution in [0.5, 0.6) is 0 Å². The number of hydrogen-bond acceptors (Lipinski definition) is 8. The van der Waals surface area contributed by atoms with Crippen molar-refractivity contribution in [1.82, 2.24) is 20.8 Å². The number of hydrogen-bond donors (Lipinski definition) is 3. The number of rotatable bonds is 9. The number of aliphatic hydroxyl groups excluding tert-OH is 1. The van der Waals surface area contributed by atoms with E-state index < -0.39 is 6.29 Å². The van der Waals surface area contributed by atoms with E-state index in [4.69, 9.17) is 9.47 Å². The van der Waals surface area contributed by atoms with Crippen LogP contribution in [0.1, 0.15) is 84.6 Å². The Hall–Kier alpha value is -2.50. The van der Waals surface area contributed by atoms with Crippen LogP contribution in [0.25, 0.3) is 0 Å². The van der Waals surface area contributed by atoms with E-state index in [1.807, 2.05) is 55.5 Å². The van der Waals surface area contributed by atoms with Crippen molar-refractivity contribution in [2.75, 3.05) is 5.75 Å². The van der Waals surface area contributed by atoms with Gasteiger partial charge in [0, 0.05) is 29.8 Å². The van der Waals surface area contributed by atoms with Gasteiger partial charge in [0.05, 0.1) is 18.8 Å². The second kappa shape index (κ2) is 12.5. The highest BCUT2D eigenvalue weighted by molar-refractivity contribution is 8.01. The Bertz CT molecular complexity index is 1380. The van der Waals surface area contributed by atoms with Gasteiger partial charge in [0.25, 0.3) is 0 Å². The molecule has 5 aliphatic rings. The van der Waals surface area contributed by atoms with E-state index in [9.17, 15) is 9.90 Å². The topological polar surface area (TPSA) is 106 Å². The molecule has 4 bridgehead atoms. The van der Waals surface area contributed by atoms with Gasteiger partial charge in [-0.2, -0.15) is 0 Å². The van der Waals surface area contributed by atoms with E-state index in [0.29, 0.717) is 6.54 Å². The van der Waals surface area contributed by atoms with Crippen molar-refractivity contribution < 1.29 is 19.4 Å². The molecule has 2 amide bonds. The first-order valence-electron chi connectivity index (χ1n) is 15.5. The maximum absolute atomic E-state index is 12.9. The van der Waals surface area contributed by atoms with Crippen molar-refractivity contribution in [3.63, 3.8) is 0 Å². The van der Waals surface area contributed by atoms with E-state index in [1.165, 1.54) is 19.3 Å². The van der Waals surface area contributed by atoms with Gasteiger partial charge in [0.1, 0.15) is 5.01 Å². The van der Waals surface area contributed by atoms with Crippen LogP contribution in [0.4, 0.5) is 4.79 Å². The molecule has 8 nitrogen and oxygen atoms in total. The van der Waals surface area contributed by atoms with Gasteiger partial charge in [-0.25, -0.2) is 4.79 Å². The molecule has 3 atom stereocenters. The van der Waals surface area contributed by atoms with E-state index in [-0.39, 0.29) is 30.4 Å². The van der Waals surface area contributed by atoms with Gasteiger partial charge < -0.3 is 25.2 Å². The van der Waals surface area contributed by atoms with E-state index in [1.54, 1.807) is 23.1 Å². The lowest BCUT2D eigenvalue weighted by atomic mass is 9.53. The summed E-state index contributed by atoms with van der Waals surface area (Å²) in [6, 6.07) is 16.0. The number of aliphatic hydroxyl groups is 1. The second-order valence-corrected chi connectivity index (χ2v) is 15.4. The van der Waals surface area contributed by atoms with Crippen molar-refractivity contribution in [1.29, 1.82) is 0 Å². The molecule has 5 fully saturated rings. The van der Waals surface area contributed by atoms with Crippen LogP contribution >= 0.6 is 23.1 Å². The fourth-order valence-electron chi connectivity index (χ4n) is 8.05. The number of aryl methyl sites for hydroxylation is 1. The summed E-state index contributed by atoms with van der Waals surface area (Å²) >= 11 is 3.26. The van der Waals surface area contributed by atoms with Crippen molar-refractivity contribution in [3.8, 4) is 0 Å². The third-order valence-corrected chi connectivity index (χ3v) is 11.7. The molecule has 0 radical (unpaired) electrons. The molecule has 8 rings (SSSR count). The average Bonchev–Trinajstić information content (AvgIpc) is 3.43. The first-order valence-corrected chi connectivity index (χ1v) is 17.3. The summed E-state index contributed by atoms with van der Waals surface area (Å²) < 4.78 is 13.9. The number of carbonyl (C=O) groups is 1. The third kappa shape index (κ3) is 6.78. The van der Waals surface area contributed by atoms with Crippen molar-refractivity contribution in [2.45, 2.75) is 93.4 Å². The number of urea groups is 1. The predicted molar refractivity (Wildman–Crippen MR) is 167 cm³/mol. The monoisotopic (exact) mass is 620 g/mol. The molecule has 43 heavy (non-hydrogen) atoms. The van der Waals surface area contributed by atoms with Crippen LogP contribution in [0, 0.1) is 24.7 Å². The molecule has 2 aromatic carbocycles. The minimum atomic E-state index is -0.514. The van der Waals surface area contributed by atoms with Crippen LogP contribution in [0.3, 0.4) is 0 Å². The highest BCUT2D eigenvalue weighted by Gasteiger charge is 2.51. The Balaban J connectivity index is 0.981. The Morgan fingerprint density at radius 2 is 1.58 bits per heavy atom. The zero-order chi connectivity index (χ0) is 29.4. The van der Waals surface area contributed by atoms with Gasteiger partial charge in [-0.1, -0.05) is 71.6 Å². The number of amides is 2. The number of aromatic nitrogens is 2. The normalized spacial score (nSPS) is 31.2. The zero-order valence-electron chi connectivity index (χ0n) is 24.5. The highest BCUT2D eigenvalue weighted by atomic mass is 32.2. The van der Waals surface area contributed by atoms with Gasteiger partial charge >= 0.3 is 6.03 Å². The third-order valence-electron chi connectivity index (χ3n) is 9.64. The number of thioether (sulfide) groups is 1. The maximum Gasteiger partial charge on any atom is 0.315 e. The number of nitrogens with zero attached hydrogens (tertiary/aromatic N) is 2. The lowest BCUT2D eigenvalue weighted by Gasteiger charge is -2.56. The first kappa shape index (κ1) is 29.2. The average molecular weight is 621 g/mol. The van der Waals surface area contributed by atoms with Crippen LogP contribution in [0.15, 0.2) is 52.9 Å². The standard InChI is InChI=1S/C33H40N4O4S2/c1-20-36-37-32(43-20)42-19-28-13-29(26-6-4-22(18-38)5-7-26)41-30(40-28)27-8-2-21(3-9-27)17-34-31(39)35-33-14-23-10-24(15-33)12-25(11-23)16-33/h2-9,23-25,28-30,38H,10-19H2,1H3,(H2,34,35,39)/t23?,24?,25?,28-,29+,30+,33?/m1/s1. The number of nitrogens with one attached hydrogen (secondary N) is 2. The fourth-order valence-corrected chi connectivity index (χ4v) is 9.91. The summed E-state index contributed by atoms with van der Waals surface area (Å²) in [4.78, 5) is 12.9. The summed E-state index contributed by atoms with van der Waals surface area (Å²) in [5, 5.41) is 25.3. The van der Waals surface area contributed by atoms with Gasteiger partial charge in [-0.05, 0) is 79.9 Å². The molecule has 1 saturated heterocycles. The summed E-state index contributed by atoms with van der Waals surface area (Å²) in [6.45, 7) is 2.46. The fraction of sp³-hybridized carbons (Fsp3) is 0.545. The van der Waals surface area contributed by atoms with Crippen LogP contribution < -0.4 is 10.6 Å². The SMILES string of the molecule is Cc1nnc(SC[C@H]2C[C@@H](c3ccc(CO)cc3)O[C@@H](c3ccc(CNC(=O)NC45CC6CC(CC(C6)C4)C5)cc3)O2)s1. The van der Waals surface area contributed by atoms with E-state index in [2.05, 4.69) is 20.8 Å². The maximum atomic E-state index is 12.9. The molecule has 4 aliphatic carbocycles. The second-order valence-electron chi connectivity index (χ2n) is 13.0. The number of carbonyl (C=O) groups excluding carboxylic acids is 1. The first-order chi connectivity index (χ1) is 20.9. The van der Waals surface area contributed by atoms with Crippen molar-refractivity contribution in [3.05, 3.63) is 75.8 Å². The van der Waals surface area contributed by atoms with Gasteiger partial charge in [0.2, 0.25) is 0 Å². The summed E-state index contributed by atoms with van der Waals surface area (Å²) in [7, 11) is 0. The summed E-state index contributed by atoms with van der Waals surface area (Å²) in [5.74, 6) is 3.15. The molecule has 0 spiro atoms. The van der Waals surface area contributed by atoms with Gasteiger partial charge in [-0.3, -0.25) is 0 Å². The highest BCUT2D eigenvalue weighted by Crippen LogP contribution is 2.55. The lowest BCUT2D eigenvalue weighted by molar-refractivity contribution is -0.245.